The number of carbonyl (C=O) groups is 1. The highest BCUT2D eigenvalue weighted by Gasteiger charge is 2.39. The Kier molecular flexibility index (Phi) is 5.67. The second-order valence-corrected chi connectivity index (χ2v) is 8.64. The highest BCUT2D eigenvalue weighted by Crippen LogP contribution is 2.42. The Hall–Kier alpha value is -3.55. The lowest BCUT2D eigenvalue weighted by atomic mass is 10.0. The monoisotopic (exact) mass is 484 g/mol. The number of amides is 1. The molecule has 2 N–H and O–H groups in total. The number of halogens is 3. The van der Waals surface area contributed by atoms with Crippen LogP contribution in [0.25, 0.3) is 22.0 Å². The summed E-state index contributed by atoms with van der Waals surface area (Å²) in [5.74, 6) is -1.78. The predicted octanol–water partition coefficient (Wildman–Crippen LogP) is 2.84. The van der Waals surface area contributed by atoms with Gasteiger partial charge in [0, 0.05) is 37.1 Å². The molecule has 2 aromatic carbocycles. The number of anilines is 1. The van der Waals surface area contributed by atoms with Crippen molar-refractivity contribution >= 4 is 34.2 Å². The highest BCUT2D eigenvalue weighted by molar-refractivity contribution is 6.34. The van der Waals surface area contributed by atoms with Crippen molar-refractivity contribution in [1.82, 2.24) is 20.2 Å². The number of aromatic hydroxyl groups is 1. The van der Waals surface area contributed by atoms with Crippen molar-refractivity contribution in [1.29, 1.82) is 5.26 Å². The number of phenols is 1. The molecule has 3 aromatic rings. The number of aromatic nitrogens is 2. The van der Waals surface area contributed by atoms with Crippen molar-refractivity contribution in [2.24, 2.45) is 0 Å². The van der Waals surface area contributed by atoms with Crippen molar-refractivity contribution < 1.29 is 18.7 Å². The minimum absolute atomic E-state index is 0.0316. The first-order valence-corrected chi connectivity index (χ1v) is 11.0. The van der Waals surface area contributed by atoms with Gasteiger partial charge < -0.3 is 20.2 Å². The Morgan fingerprint density at radius 3 is 2.79 bits per heavy atom. The molecule has 2 aliphatic heterocycles. The molecular weight excluding hydrogens is 466 g/mol. The summed E-state index contributed by atoms with van der Waals surface area (Å²) in [6.07, 6.45) is 1.34. The van der Waals surface area contributed by atoms with Crippen LogP contribution in [-0.2, 0) is 4.79 Å². The van der Waals surface area contributed by atoms with Gasteiger partial charge >= 0.3 is 0 Å². The second kappa shape index (κ2) is 8.66. The van der Waals surface area contributed by atoms with Gasteiger partial charge in [-0.1, -0.05) is 17.7 Å². The molecule has 5 rings (SSSR count). The Bertz CT molecular complexity index is 1320. The average Bonchev–Trinajstić information content (AvgIpc) is 3.66. The van der Waals surface area contributed by atoms with Crippen LogP contribution in [0, 0.1) is 23.0 Å². The third kappa shape index (κ3) is 3.77. The standard InChI is InChI=1S/C23H19ClF2N6O2/c24-14-8-13-21(20(26)18(14)19-15(25)2-1-3-17(19)33)29-11-30-22(13)31-6-7-32(12(10-31)4-5-27)23(34)16-9-28-16/h1-3,8,11-12,16,28,33H,4,6-7,9-10H2/t12-,16-/m0/s1. The van der Waals surface area contributed by atoms with Crippen molar-refractivity contribution in [2.75, 3.05) is 31.1 Å². The molecule has 174 valence electrons. The van der Waals surface area contributed by atoms with E-state index in [1.807, 2.05) is 4.90 Å². The van der Waals surface area contributed by atoms with Crippen molar-refractivity contribution in [3.63, 3.8) is 0 Å². The number of fused-ring (bicyclic) bond motifs is 1. The number of phenolic OH excluding ortho intramolecular Hbond substituents is 1. The van der Waals surface area contributed by atoms with E-state index >= 15 is 4.39 Å². The van der Waals surface area contributed by atoms with Gasteiger partial charge in [-0.3, -0.25) is 4.79 Å². The van der Waals surface area contributed by atoms with Crippen LogP contribution in [0.5, 0.6) is 5.75 Å². The van der Waals surface area contributed by atoms with Crippen LogP contribution in [-0.4, -0.2) is 64.1 Å². The van der Waals surface area contributed by atoms with Crippen LogP contribution < -0.4 is 10.2 Å². The first-order chi connectivity index (χ1) is 16.4. The van der Waals surface area contributed by atoms with Crippen LogP contribution in [0.2, 0.25) is 5.02 Å². The molecular formula is C23H19ClF2N6O2. The molecule has 0 unspecified atom stereocenters. The number of hydrogen-bond acceptors (Lipinski definition) is 7. The van der Waals surface area contributed by atoms with E-state index in [4.69, 9.17) is 11.6 Å². The number of piperazine rings is 1. The molecule has 0 radical (unpaired) electrons. The van der Waals surface area contributed by atoms with E-state index in [1.54, 1.807) is 4.90 Å². The second-order valence-electron chi connectivity index (χ2n) is 8.23. The maximum atomic E-state index is 15.6. The van der Waals surface area contributed by atoms with E-state index in [0.717, 1.165) is 6.07 Å². The number of nitriles is 1. The summed E-state index contributed by atoms with van der Waals surface area (Å²) in [6.45, 7) is 1.76. The molecule has 34 heavy (non-hydrogen) atoms. The first-order valence-electron chi connectivity index (χ1n) is 10.7. The van der Waals surface area contributed by atoms with E-state index in [0.29, 0.717) is 37.4 Å². The summed E-state index contributed by atoms with van der Waals surface area (Å²) < 4.78 is 30.1. The molecule has 2 fully saturated rings. The molecule has 3 heterocycles. The fourth-order valence-corrected chi connectivity index (χ4v) is 4.70. The normalized spacial score (nSPS) is 19.8. The minimum Gasteiger partial charge on any atom is -0.507 e. The molecule has 2 atom stereocenters. The lowest BCUT2D eigenvalue weighted by Gasteiger charge is -2.41. The average molecular weight is 485 g/mol. The number of benzene rings is 2. The lowest BCUT2D eigenvalue weighted by Crippen LogP contribution is -2.56. The smallest absolute Gasteiger partial charge is 0.241 e. The summed E-state index contributed by atoms with van der Waals surface area (Å²) in [5.41, 5.74) is -0.712. The first kappa shape index (κ1) is 22.3. The summed E-state index contributed by atoms with van der Waals surface area (Å²) in [6, 6.07) is 6.68. The topological polar surface area (TPSA) is 115 Å². The van der Waals surface area contributed by atoms with Gasteiger partial charge in [0.1, 0.15) is 29.2 Å². The van der Waals surface area contributed by atoms with Crippen molar-refractivity contribution in [3.05, 3.63) is 47.2 Å². The summed E-state index contributed by atoms with van der Waals surface area (Å²) in [4.78, 5) is 24.6. The Balaban J connectivity index is 1.55. The predicted molar refractivity (Wildman–Crippen MR) is 121 cm³/mol. The summed E-state index contributed by atoms with van der Waals surface area (Å²) >= 11 is 6.39. The number of nitrogens with zero attached hydrogens (tertiary/aromatic N) is 5. The zero-order chi connectivity index (χ0) is 24.0. The van der Waals surface area contributed by atoms with Crippen LogP contribution in [0.3, 0.4) is 0 Å². The van der Waals surface area contributed by atoms with Crippen LogP contribution in [0.15, 0.2) is 30.6 Å². The quantitative estimate of drug-likeness (QED) is 0.547. The van der Waals surface area contributed by atoms with Gasteiger partial charge in [0.25, 0.3) is 0 Å². The number of hydrogen-bond donors (Lipinski definition) is 2. The van der Waals surface area contributed by atoms with Gasteiger partial charge in [-0.05, 0) is 18.2 Å². The van der Waals surface area contributed by atoms with Crippen LogP contribution in [0.1, 0.15) is 6.42 Å². The largest absolute Gasteiger partial charge is 0.507 e. The highest BCUT2D eigenvalue weighted by atomic mass is 35.5. The molecule has 11 heteroatoms. The molecule has 8 nitrogen and oxygen atoms in total. The molecule has 0 saturated carbocycles. The van der Waals surface area contributed by atoms with Gasteiger partial charge in [0.2, 0.25) is 5.91 Å². The Labute approximate surface area is 198 Å². The number of carbonyl (C=O) groups excluding carboxylic acids is 1. The molecule has 0 bridgehead atoms. The zero-order valence-electron chi connectivity index (χ0n) is 17.8. The fourth-order valence-electron chi connectivity index (χ4n) is 4.41. The minimum atomic E-state index is -0.881. The SMILES string of the molecule is N#CC[C@H]1CN(c2ncnc3c(F)c(-c4c(O)cccc4F)c(Cl)cc23)CCN1C(=O)[C@@H]1CN1. The van der Waals surface area contributed by atoms with Crippen LogP contribution >= 0.6 is 11.6 Å². The zero-order valence-corrected chi connectivity index (χ0v) is 18.6. The fraction of sp³-hybridized carbons (Fsp3) is 0.304. The molecule has 1 aromatic heterocycles. The molecule has 2 saturated heterocycles. The molecule has 2 aliphatic rings. The number of rotatable bonds is 4. The van der Waals surface area contributed by atoms with Gasteiger partial charge in [-0.15, -0.1) is 0 Å². The van der Waals surface area contributed by atoms with Gasteiger partial charge in [-0.2, -0.15) is 5.26 Å². The van der Waals surface area contributed by atoms with Gasteiger partial charge in [0.05, 0.1) is 35.2 Å². The van der Waals surface area contributed by atoms with Crippen molar-refractivity contribution in [3.8, 4) is 22.9 Å². The summed E-state index contributed by atoms with van der Waals surface area (Å²) in [5, 5.41) is 22.6. The third-order valence-electron chi connectivity index (χ3n) is 6.14. The summed E-state index contributed by atoms with van der Waals surface area (Å²) in [7, 11) is 0. The maximum Gasteiger partial charge on any atom is 0.241 e. The molecule has 0 spiro atoms. The van der Waals surface area contributed by atoms with Gasteiger partial charge in [0.15, 0.2) is 5.82 Å². The van der Waals surface area contributed by atoms with E-state index in [2.05, 4.69) is 21.4 Å². The van der Waals surface area contributed by atoms with E-state index in [-0.39, 0.29) is 46.1 Å². The van der Waals surface area contributed by atoms with Crippen molar-refractivity contribution in [2.45, 2.75) is 18.5 Å². The van der Waals surface area contributed by atoms with E-state index in [9.17, 15) is 19.6 Å². The maximum absolute atomic E-state index is 15.6. The van der Waals surface area contributed by atoms with E-state index < -0.39 is 17.4 Å². The Morgan fingerprint density at radius 2 is 2.09 bits per heavy atom. The molecule has 0 aliphatic carbocycles. The molecule has 1 amide bonds. The Morgan fingerprint density at radius 1 is 1.29 bits per heavy atom. The van der Waals surface area contributed by atoms with E-state index in [1.165, 1.54) is 24.5 Å². The third-order valence-corrected chi connectivity index (χ3v) is 6.44. The lowest BCUT2D eigenvalue weighted by molar-refractivity contribution is -0.133. The van der Waals surface area contributed by atoms with Gasteiger partial charge in [-0.25, -0.2) is 18.7 Å². The van der Waals surface area contributed by atoms with Crippen LogP contribution in [0.4, 0.5) is 14.6 Å². The number of nitrogens with one attached hydrogen (secondary N) is 1.